The van der Waals surface area contributed by atoms with Crippen LogP contribution in [0.15, 0.2) is 42.5 Å². The van der Waals surface area contributed by atoms with Gasteiger partial charge in [-0.05, 0) is 30.2 Å². The maximum Gasteiger partial charge on any atom is 0.229 e. The number of hydrogen-bond acceptors (Lipinski definition) is 4. The summed E-state index contributed by atoms with van der Waals surface area (Å²) >= 11 is 0. The molecule has 1 heterocycles. The Bertz CT molecular complexity index is 850. The third-order valence-corrected chi connectivity index (χ3v) is 4.83. The Morgan fingerprint density at radius 2 is 1.96 bits per heavy atom. The standard InChI is InChI=1S/C21H24N2O4/c1-4-14-7-5-6-8-18(14)23-13-15(11-20(23)24)21(25)22-17-10-9-16(26-2)12-19(17)27-3/h5-10,12,15H,4,11,13H2,1-3H3,(H,22,25). The summed E-state index contributed by atoms with van der Waals surface area (Å²) in [5, 5.41) is 2.88. The predicted octanol–water partition coefficient (Wildman–Crippen LogP) is 3.26. The largest absolute Gasteiger partial charge is 0.497 e. The first kappa shape index (κ1) is 18.8. The Morgan fingerprint density at radius 3 is 2.67 bits per heavy atom. The van der Waals surface area contributed by atoms with Gasteiger partial charge in [-0.2, -0.15) is 0 Å². The summed E-state index contributed by atoms with van der Waals surface area (Å²) < 4.78 is 10.5. The van der Waals surface area contributed by atoms with Crippen molar-refractivity contribution >= 4 is 23.2 Å². The monoisotopic (exact) mass is 368 g/mol. The molecule has 27 heavy (non-hydrogen) atoms. The van der Waals surface area contributed by atoms with Crippen LogP contribution in [0.5, 0.6) is 11.5 Å². The molecule has 0 bridgehead atoms. The van der Waals surface area contributed by atoms with Crippen LogP contribution in [-0.2, 0) is 16.0 Å². The van der Waals surface area contributed by atoms with Gasteiger partial charge in [0.05, 0.1) is 25.8 Å². The summed E-state index contributed by atoms with van der Waals surface area (Å²) in [6.07, 6.45) is 1.03. The minimum absolute atomic E-state index is 0.0299. The van der Waals surface area contributed by atoms with Gasteiger partial charge in [0, 0.05) is 24.7 Å². The molecule has 1 N–H and O–H groups in total. The molecule has 6 heteroatoms. The highest BCUT2D eigenvalue weighted by molar-refractivity contribution is 6.04. The lowest BCUT2D eigenvalue weighted by atomic mass is 10.1. The molecule has 0 radical (unpaired) electrons. The number of anilines is 2. The second-order valence-corrected chi connectivity index (χ2v) is 6.44. The van der Waals surface area contributed by atoms with Gasteiger partial charge >= 0.3 is 0 Å². The molecule has 1 saturated heterocycles. The summed E-state index contributed by atoms with van der Waals surface area (Å²) in [4.78, 5) is 27.0. The summed E-state index contributed by atoms with van der Waals surface area (Å²) in [5.74, 6) is 0.527. The fourth-order valence-corrected chi connectivity index (χ4v) is 3.33. The van der Waals surface area contributed by atoms with Crippen molar-refractivity contribution in [1.29, 1.82) is 0 Å². The smallest absolute Gasteiger partial charge is 0.229 e. The van der Waals surface area contributed by atoms with Crippen LogP contribution in [0.4, 0.5) is 11.4 Å². The number of aryl methyl sites for hydroxylation is 1. The first-order chi connectivity index (χ1) is 13.1. The van der Waals surface area contributed by atoms with Gasteiger partial charge in [-0.1, -0.05) is 25.1 Å². The van der Waals surface area contributed by atoms with Crippen molar-refractivity contribution in [3.05, 3.63) is 48.0 Å². The van der Waals surface area contributed by atoms with Crippen LogP contribution in [-0.4, -0.2) is 32.6 Å². The number of amides is 2. The summed E-state index contributed by atoms with van der Waals surface area (Å²) in [6.45, 7) is 2.43. The van der Waals surface area contributed by atoms with Crippen LogP contribution in [0.2, 0.25) is 0 Å². The third-order valence-electron chi connectivity index (χ3n) is 4.83. The molecule has 6 nitrogen and oxygen atoms in total. The van der Waals surface area contributed by atoms with E-state index in [2.05, 4.69) is 12.2 Å². The molecule has 1 atom stereocenters. The lowest BCUT2D eigenvalue weighted by molar-refractivity contribution is -0.122. The first-order valence-corrected chi connectivity index (χ1v) is 8.98. The van der Waals surface area contributed by atoms with E-state index in [0.717, 1.165) is 17.7 Å². The van der Waals surface area contributed by atoms with Crippen LogP contribution in [0.3, 0.4) is 0 Å². The molecule has 142 valence electrons. The molecule has 0 aliphatic carbocycles. The van der Waals surface area contributed by atoms with Crippen molar-refractivity contribution in [3.8, 4) is 11.5 Å². The highest BCUT2D eigenvalue weighted by Gasteiger charge is 2.36. The Kier molecular flexibility index (Phi) is 5.64. The maximum absolute atomic E-state index is 12.7. The number of benzene rings is 2. The second-order valence-electron chi connectivity index (χ2n) is 6.44. The molecule has 2 amide bonds. The number of methoxy groups -OCH3 is 2. The molecular formula is C21H24N2O4. The lowest BCUT2D eigenvalue weighted by Crippen LogP contribution is -2.28. The van der Waals surface area contributed by atoms with Crippen molar-refractivity contribution in [2.24, 2.45) is 5.92 Å². The number of hydrogen-bond donors (Lipinski definition) is 1. The third kappa shape index (κ3) is 3.89. The van der Waals surface area contributed by atoms with Gasteiger partial charge in [0.2, 0.25) is 11.8 Å². The van der Waals surface area contributed by atoms with Crippen molar-refractivity contribution in [2.75, 3.05) is 31.0 Å². The second kappa shape index (κ2) is 8.12. The van der Waals surface area contributed by atoms with Crippen LogP contribution in [0.1, 0.15) is 18.9 Å². The van der Waals surface area contributed by atoms with E-state index >= 15 is 0 Å². The number of nitrogens with one attached hydrogen (secondary N) is 1. The topological polar surface area (TPSA) is 67.9 Å². The van der Waals surface area contributed by atoms with Crippen molar-refractivity contribution in [1.82, 2.24) is 0 Å². The molecule has 3 rings (SSSR count). The van der Waals surface area contributed by atoms with Crippen molar-refractivity contribution in [3.63, 3.8) is 0 Å². The van der Waals surface area contributed by atoms with Crippen LogP contribution >= 0.6 is 0 Å². The number of ether oxygens (including phenoxy) is 2. The molecule has 2 aromatic rings. The molecule has 0 saturated carbocycles. The molecule has 1 unspecified atom stereocenters. The van der Waals surface area contributed by atoms with Crippen LogP contribution in [0, 0.1) is 5.92 Å². The molecule has 1 aliphatic heterocycles. The van der Waals surface area contributed by atoms with Gasteiger partial charge in [0.15, 0.2) is 0 Å². The first-order valence-electron chi connectivity index (χ1n) is 8.98. The van der Waals surface area contributed by atoms with E-state index in [-0.39, 0.29) is 18.2 Å². The zero-order valence-corrected chi connectivity index (χ0v) is 15.8. The van der Waals surface area contributed by atoms with Crippen LogP contribution in [0.25, 0.3) is 0 Å². The normalized spacial score (nSPS) is 16.3. The van der Waals surface area contributed by atoms with Gasteiger partial charge < -0.3 is 19.7 Å². The zero-order chi connectivity index (χ0) is 19.4. The Labute approximate surface area is 159 Å². The number of carbonyl (C=O) groups excluding carboxylic acids is 2. The van der Waals surface area contributed by atoms with E-state index in [1.807, 2.05) is 24.3 Å². The molecule has 1 aliphatic rings. The van der Waals surface area contributed by atoms with E-state index < -0.39 is 5.92 Å². The zero-order valence-electron chi connectivity index (χ0n) is 15.8. The van der Waals surface area contributed by atoms with E-state index in [9.17, 15) is 9.59 Å². The van der Waals surface area contributed by atoms with Gasteiger partial charge in [-0.15, -0.1) is 0 Å². The maximum atomic E-state index is 12.7. The highest BCUT2D eigenvalue weighted by atomic mass is 16.5. The Hall–Kier alpha value is -3.02. The van der Waals surface area contributed by atoms with Crippen LogP contribution < -0.4 is 19.7 Å². The average Bonchev–Trinajstić information content (AvgIpc) is 3.09. The highest BCUT2D eigenvalue weighted by Crippen LogP contribution is 2.32. The predicted molar refractivity (Wildman–Crippen MR) is 104 cm³/mol. The number of carbonyl (C=O) groups is 2. The quantitative estimate of drug-likeness (QED) is 0.850. The number of rotatable bonds is 6. The molecular weight excluding hydrogens is 344 g/mol. The minimum atomic E-state index is -0.408. The van der Waals surface area contributed by atoms with Gasteiger partial charge in [0.1, 0.15) is 11.5 Å². The van der Waals surface area contributed by atoms with E-state index in [1.54, 1.807) is 30.2 Å². The average molecular weight is 368 g/mol. The fourth-order valence-electron chi connectivity index (χ4n) is 3.33. The van der Waals surface area contributed by atoms with Crippen molar-refractivity contribution in [2.45, 2.75) is 19.8 Å². The van der Waals surface area contributed by atoms with E-state index in [0.29, 0.717) is 23.7 Å². The molecule has 0 spiro atoms. The molecule has 1 fully saturated rings. The Morgan fingerprint density at radius 1 is 1.19 bits per heavy atom. The minimum Gasteiger partial charge on any atom is -0.497 e. The SMILES string of the molecule is CCc1ccccc1N1CC(C(=O)Nc2ccc(OC)cc2OC)CC1=O. The fraction of sp³-hybridized carbons (Fsp3) is 0.333. The summed E-state index contributed by atoms with van der Waals surface area (Å²) in [6, 6.07) is 13.0. The van der Waals surface area contributed by atoms with E-state index in [4.69, 9.17) is 9.47 Å². The van der Waals surface area contributed by atoms with Gasteiger partial charge in [0.25, 0.3) is 0 Å². The van der Waals surface area contributed by atoms with Crippen molar-refractivity contribution < 1.29 is 19.1 Å². The van der Waals surface area contributed by atoms with Gasteiger partial charge in [-0.3, -0.25) is 9.59 Å². The number of para-hydroxylation sites is 1. The van der Waals surface area contributed by atoms with E-state index in [1.165, 1.54) is 7.11 Å². The lowest BCUT2D eigenvalue weighted by Gasteiger charge is -2.20. The summed E-state index contributed by atoms with van der Waals surface area (Å²) in [5.41, 5.74) is 2.55. The number of nitrogens with zero attached hydrogens (tertiary/aromatic N) is 1. The molecule has 0 aromatic heterocycles. The summed E-state index contributed by atoms with van der Waals surface area (Å²) in [7, 11) is 3.10. The van der Waals surface area contributed by atoms with Gasteiger partial charge in [-0.25, -0.2) is 0 Å². The Balaban J connectivity index is 1.75. The molecule has 2 aromatic carbocycles.